The fourth-order valence-corrected chi connectivity index (χ4v) is 5.02. The Morgan fingerprint density at radius 3 is 2.58 bits per heavy atom. The molecule has 2 heterocycles. The van der Waals surface area contributed by atoms with Gasteiger partial charge >= 0.3 is 0 Å². The first-order valence-electron chi connectivity index (χ1n) is 9.85. The molecule has 0 unspecified atom stereocenters. The van der Waals surface area contributed by atoms with Gasteiger partial charge in [0.25, 0.3) is 0 Å². The van der Waals surface area contributed by atoms with Gasteiger partial charge in [0.15, 0.2) is 0 Å². The molecule has 140 valence electrons. The minimum absolute atomic E-state index is 0.205. The second kappa shape index (κ2) is 8.46. The Labute approximate surface area is 159 Å². The Morgan fingerprint density at radius 2 is 1.81 bits per heavy atom. The van der Waals surface area contributed by atoms with E-state index in [-0.39, 0.29) is 5.91 Å². The first-order chi connectivity index (χ1) is 12.8. The SMILES string of the molecule is O=C(CN1CCN(Cc2nc3ccccc3s2)CC1)NC1CCCCC1. The standard InChI is InChI=1S/C20H28N4OS/c25-19(21-16-6-2-1-3-7-16)14-23-10-12-24(13-11-23)15-20-22-17-8-4-5-9-18(17)26-20/h4-5,8-9,16H,1-3,6-7,10-15H2,(H,21,25). The van der Waals surface area contributed by atoms with Crippen LogP contribution in [0.5, 0.6) is 0 Å². The van der Waals surface area contributed by atoms with Crippen LogP contribution in [0, 0.1) is 0 Å². The third-order valence-corrected chi connectivity index (χ3v) is 6.52. The summed E-state index contributed by atoms with van der Waals surface area (Å²) in [6, 6.07) is 8.75. The molecule has 1 aromatic carbocycles. The van der Waals surface area contributed by atoms with Gasteiger partial charge in [-0.25, -0.2) is 4.98 Å². The van der Waals surface area contributed by atoms with Crippen molar-refractivity contribution in [3.05, 3.63) is 29.3 Å². The number of carbonyl (C=O) groups excluding carboxylic acids is 1. The summed E-state index contributed by atoms with van der Waals surface area (Å²) >= 11 is 1.79. The van der Waals surface area contributed by atoms with Gasteiger partial charge in [-0.3, -0.25) is 14.6 Å². The van der Waals surface area contributed by atoms with E-state index < -0.39 is 0 Å². The van der Waals surface area contributed by atoms with Crippen LogP contribution in [0.4, 0.5) is 0 Å². The number of thiazole rings is 1. The van der Waals surface area contributed by atoms with Crippen LogP contribution in [0.25, 0.3) is 10.2 Å². The molecule has 0 spiro atoms. The summed E-state index contributed by atoms with van der Waals surface area (Å²) in [6.07, 6.45) is 6.15. The largest absolute Gasteiger partial charge is 0.352 e. The molecule has 2 aliphatic rings. The first kappa shape index (κ1) is 17.9. The molecule has 0 bridgehead atoms. The van der Waals surface area contributed by atoms with Crippen molar-refractivity contribution in [3.8, 4) is 0 Å². The van der Waals surface area contributed by atoms with Crippen molar-refractivity contribution in [1.29, 1.82) is 0 Å². The number of nitrogens with zero attached hydrogens (tertiary/aromatic N) is 3. The van der Waals surface area contributed by atoms with Crippen LogP contribution in [0.3, 0.4) is 0 Å². The number of benzene rings is 1. The molecule has 26 heavy (non-hydrogen) atoms. The zero-order chi connectivity index (χ0) is 17.8. The fourth-order valence-electron chi connectivity index (χ4n) is 4.01. The summed E-state index contributed by atoms with van der Waals surface area (Å²) in [4.78, 5) is 21.8. The molecule has 1 aliphatic carbocycles. The quantitative estimate of drug-likeness (QED) is 0.877. The molecule has 1 N–H and O–H groups in total. The van der Waals surface area contributed by atoms with Crippen molar-refractivity contribution < 1.29 is 4.79 Å². The average Bonchev–Trinajstić information content (AvgIpc) is 3.06. The van der Waals surface area contributed by atoms with Gasteiger partial charge in [-0.1, -0.05) is 31.4 Å². The van der Waals surface area contributed by atoms with Gasteiger partial charge < -0.3 is 5.32 Å². The Morgan fingerprint density at radius 1 is 1.08 bits per heavy atom. The van der Waals surface area contributed by atoms with E-state index >= 15 is 0 Å². The number of piperazine rings is 1. The van der Waals surface area contributed by atoms with E-state index in [0.717, 1.165) is 51.1 Å². The predicted octanol–water partition coefficient (Wildman–Crippen LogP) is 2.86. The van der Waals surface area contributed by atoms with Gasteiger partial charge in [-0.2, -0.15) is 0 Å². The maximum absolute atomic E-state index is 12.3. The van der Waals surface area contributed by atoms with Crippen LogP contribution >= 0.6 is 11.3 Å². The van der Waals surface area contributed by atoms with Crippen LogP contribution in [-0.4, -0.2) is 59.5 Å². The molecule has 5 nitrogen and oxygen atoms in total. The highest BCUT2D eigenvalue weighted by Gasteiger charge is 2.21. The van der Waals surface area contributed by atoms with E-state index in [2.05, 4.69) is 33.3 Å². The molecule has 1 aliphatic heterocycles. The number of hydrogen-bond acceptors (Lipinski definition) is 5. The van der Waals surface area contributed by atoms with Crippen LogP contribution in [-0.2, 0) is 11.3 Å². The van der Waals surface area contributed by atoms with Gasteiger partial charge in [0.2, 0.25) is 5.91 Å². The number of hydrogen-bond donors (Lipinski definition) is 1. The highest BCUT2D eigenvalue weighted by Crippen LogP contribution is 2.23. The Kier molecular flexibility index (Phi) is 5.82. The molecule has 0 atom stereocenters. The third-order valence-electron chi connectivity index (χ3n) is 5.50. The maximum Gasteiger partial charge on any atom is 0.234 e. The van der Waals surface area contributed by atoms with Gasteiger partial charge in [-0.05, 0) is 25.0 Å². The molecule has 1 saturated carbocycles. The summed E-state index contributed by atoms with van der Waals surface area (Å²) in [7, 11) is 0. The Bertz CT molecular complexity index is 699. The van der Waals surface area contributed by atoms with Crippen molar-refractivity contribution >= 4 is 27.5 Å². The van der Waals surface area contributed by atoms with Crippen LogP contribution in [0.1, 0.15) is 37.1 Å². The fraction of sp³-hybridized carbons (Fsp3) is 0.600. The normalized spacial score (nSPS) is 20.5. The smallest absolute Gasteiger partial charge is 0.234 e. The Balaban J connectivity index is 1.21. The van der Waals surface area contributed by atoms with Crippen molar-refractivity contribution in [3.63, 3.8) is 0 Å². The molecule has 4 rings (SSSR count). The number of amides is 1. The number of fused-ring (bicyclic) bond motifs is 1. The van der Waals surface area contributed by atoms with Crippen molar-refractivity contribution in [2.45, 2.75) is 44.7 Å². The first-order valence-corrected chi connectivity index (χ1v) is 10.7. The van der Waals surface area contributed by atoms with Gasteiger partial charge in [0.05, 0.1) is 23.3 Å². The molecule has 0 radical (unpaired) electrons. The summed E-state index contributed by atoms with van der Waals surface area (Å²) in [5, 5.41) is 4.42. The summed E-state index contributed by atoms with van der Waals surface area (Å²) in [5.74, 6) is 0.205. The molecule has 1 amide bonds. The molecule has 2 fully saturated rings. The number of rotatable bonds is 5. The van der Waals surface area contributed by atoms with Crippen molar-refractivity contribution in [2.75, 3.05) is 32.7 Å². The monoisotopic (exact) mass is 372 g/mol. The molecule has 1 saturated heterocycles. The minimum atomic E-state index is 0.205. The minimum Gasteiger partial charge on any atom is -0.352 e. The number of nitrogens with one attached hydrogen (secondary N) is 1. The molecular formula is C20H28N4OS. The van der Waals surface area contributed by atoms with Crippen molar-refractivity contribution in [2.24, 2.45) is 0 Å². The lowest BCUT2D eigenvalue weighted by atomic mass is 9.95. The highest BCUT2D eigenvalue weighted by molar-refractivity contribution is 7.18. The van der Waals surface area contributed by atoms with Crippen molar-refractivity contribution in [1.82, 2.24) is 20.1 Å². The highest BCUT2D eigenvalue weighted by atomic mass is 32.1. The second-order valence-electron chi connectivity index (χ2n) is 7.53. The average molecular weight is 373 g/mol. The molecular weight excluding hydrogens is 344 g/mol. The third kappa shape index (κ3) is 4.61. The van der Waals surface area contributed by atoms with E-state index in [4.69, 9.17) is 4.98 Å². The number of para-hydroxylation sites is 1. The second-order valence-corrected chi connectivity index (χ2v) is 8.65. The van der Waals surface area contributed by atoms with Crippen LogP contribution in [0.2, 0.25) is 0 Å². The zero-order valence-corrected chi connectivity index (χ0v) is 16.1. The molecule has 1 aromatic heterocycles. The van der Waals surface area contributed by atoms with Crippen LogP contribution in [0.15, 0.2) is 24.3 Å². The van der Waals surface area contributed by atoms with E-state index in [1.807, 2.05) is 6.07 Å². The maximum atomic E-state index is 12.3. The van der Waals surface area contributed by atoms with Gasteiger partial charge in [0, 0.05) is 32.2 Å². The van der Waals surface area contributed by atoms with E-state index in [9.17, 15) is 4.79 Å². The number of carbonyl (C=O) groups is 1. The van der Waals surface area contributed by atoms with Gasteiger partial charge in [0.1, 0.15) is 5.01 Å². The van der Waals surface area contributed by atoms with E-state index in [1.54, 1.807) is 11.3 Å². The number of aromatic nitrogens is 1. The lowest BCUT2D eigenvalue weighted by molar-refractivity contribution is -0.123. The summed E-state index contributed by atoms with van der Waals surface area (Å²) < 4.78 is 1.26. The zero-order valence-electron chi connectivity index (χ0n) is 15.3. The molecule has 6 heteroatoms. The lowest BCUT2D eigenvalue weighted by Gasteiger charge is -2.34. The molecule has 2 aromatic rings. The van der Waals surface area contributed by atoms with Crippen LogP contribution < -0.4 is 5.32 Å². The Hall–Kier alpha value is -1.50. The van der Waals surface area contributed by atoms with E-state index in [0.29, 0.717) is 12.6 Å². The predicted molar refractivity (Wildman–Crippen MR) is 106 cm³/mol. The van der Waals surface area contributed by atoms with E-state index in [1.165, 1.54) is 29.0 Å². The summed E-state index contributed by atoms with van der Waals surface area (Å²) in [6.45, 7) is 5.40. The summed E-state index contributed by atoms with van der Waals surface area (Å²) in [5.41, 5.74) is 1.10. The topological polar surface area (TPSA) is 48.5 Å². The lowest BCUT2D eigenvalue weighted by Crippen LogP contribution is -2.50. The van der Waals surface area contributed by atoms with Gasteiger partial charge in [-0.15, -0.1) is 11.3 Å².